The van der Waals surface area contributed by atoms with Crippen molar-refractivity contribution >= 4 is 12.3 Å². The van der Waals surface area contributed by atoms with Gasteiger partial charge in [-0.2, -0.15) is 0 Å². The fraction of sp³-hybridized carbons (Fsp3) is 0.765. The van der Waals surface area contributed by atoms with Gasteiger partial charge in [-0.15, -0.1) is 0 Å². The second kappa shape index (κ2) is 8.93. The van der Waals surface area contributed by atoms with Gasteiger partial charge in [-0.25, -0.2) is 0 Å². The first kappa shape index (κ1) is 18.7. The van der Waals surface area contributed by atoms with E-state index < -0.39 is 0 Å². The molecule has 0 aromatic heterocycles. The van der Waals surface area contributed by atoms with Gasteiger partial charge in [0.1, 0.15) is 6.23 Å². The van der Waals surface area contributed by atoms with Gasteiger partial charge in [0, 0.05) is 18.8 Å². The van der Waals surface area contributed by atoms with Crippen LogP contribution in [0.5, 0.6) is 0 Å². The molecule has 5 heteroatoms. The van der Waals surface area contributed by atoms with E-state index in [1.165, 1.54) is 4.90 Å². The lowest BCUT2D eigenvalue weighted by molar-refractivity contribution is -0.128. The third kappa shape index (κ3) is 4.57. The number of likely N-dealkylation sites (N-methyl/N-ethyl adjacent to an activating group) is 1. The first-order chi connectivity index (χ1) is 10.5. The fourth-order valence-corrected chi connectivity index (χ4v) is 2.82. The minimum absolute atomic E-state index is 0.156. The van der Waals surface area contributed by atoms with E-state index in [-0.39, 0.29) is 18.2 Å². The summed E-state index contributed by atoms with van der Waals surface area (Å²) in [6.07, 6.45) is 5.75. The topological polar surface area (TPSA) is 58.6 Å². The summed E-state index contributed by atoms with van der Waals surface area (Å²) >= 11 is 0. The van der Waals surface area contributed by atoms with Crippen LogP contribution in [0, 0.1) is 11.8 Å². The number of hydrogen-bond donors (Lipinski definition) is 1. The van der Waals surface area contributed by atoms with E-state index in [0.29, 0.717) is 23.8 Å². The predicted molar refractivity (Wildman–Crippen MR) is 86.9 cm³/mol. The predicted octanol–water partition coefficient (Wildman–Crippen LogP) is 2.67. The number of ether oxygens (including phenoxy) is 1. The molecule has 1 aliphatic rings. The normalized spacial score (nSPS) is 24.7. The molecule has 2 amide bonds. The van der Waals surface area contributed by atoms with Gasteiger partial charge >= 0.3 is 0 Å². The zero-order chi connectivity index (χ0) is 16.7. The highest BCUT2D eigenvalue weighted by molar-refractivity contribution is 5.93. The molecule has 1 heterocycles. The summed E-state index contributed by atoms with van der Waals surface area (Å²) < 4.78 is 6.08. The fourth-order valence-electron chi connectivity index (χ4n) is 2.82. The minimum Gasteiger partial charge on any atom is -0.355 e. The Kier molecular flexibility index (Phi) is 7.59. The Balaban J connectivity index is 2.75. The Hall–Kier alpha value is -1.36. The molecule has 1 aliphatic heterocycles. The molecule has 126 valence electrons. The molecule has 0 aromatic rings. The van der Waals surface area contributed by atoms with E-state index in [2.05, 4.69) is 26.1 Å². The first-order valence-corrected chi connectivity index (χ1v) is 8.29. The summed E-state index contributed by atoms with van der Waals surface area (Å²) in [5.41, 5.74) is 0.580. The summed E-state index contributed by atoms with van der Waals surface area (Å²) in [7, 11) is 1.59. The lowest BCUT2D eigenvalue weighted by Gasteiger charge is -2.27. The molecule has 4 atom stereocenters. The van der Waals surface area contributed by atoms with Crippen LogP contribution in [0.1, 0.15) is 53.4 Å². The maximum absolute atomic E-state index is 11.7. The molecule has 5 nitrogen and oxygen atoms in total. The van der Waals surface area contributed by atoms with Crippen LogP contribution in [0.2, 0.25) is 0 Å². The zero-order valence-corrected chi connectivity index (χ0v) is 14.5. The van der Waals surface area contributed by atoms with Gasteiger partial charge in [-0.3, -0.25) is 14.5 Å². The summed E-state index contributed by atoms with van der Waals surface area (Å²) in [5, 5.41) is 2.59. The van der Waals surface area contributed by atoms with E-state index in [4.69, 9.17) is 4.74 Å². The van der Waals surface area contributed by atoms with Gasteiger partial charge in [0.15, 0.2) is 0 Å². The Morgan fingerprint density at radius 2 is 2.05 bits per heavy atom. The molecular weight excluding hydrogens is 280 g/mol. The Morgan fingerprint density at radius 3 is 2.55 bits per heavy atom. The molecule has 0 bridgehead atoms. The van der Waals surface area contributed by atoms with Crippen molar-refractivity contribution in [2.75, 3.05) is 7.05 Å². The van der Waals surface area contributed by atoms with Crippen molar-refractivity contribution in [3.63, 3.8) is 0 Å². The van der Waals surface area contributed by atoms with E-state index in [1.54, 1.807) is 13.2 Å². The number of nitrogens with one attached hydrogen (secondary N) is 1. The zero-order valence-electron chi connectivity index (χ0n) is 14.5. The van der Waals surface area contributed by atoms with Gasteiger partial charge in [-0.05, 0) is 31.1 Å². The van der Waals surface area contributed by atoms with E-state index in [1.807, 2.05) is 6.92 Å². The van der Waals surface area contributed by atoms with Crippen LogP contribution >= 0.6 is 0 Å². The van der Waals surface area contributed by atoms with Crippen molar-refractivity contribution < 1.29 is 14.3 Å². The summed E-state index contributed by atoms with van der Waals surface area (Å²) in [5.74, 6) is 0.912. The third-order valence-electron chi connectivity index (χ3n) is 4.82. The van der Waals surface area contributed by atoms with Crippen LogP contribution in [0.3, 0.4) is 0 Å². The van der Waals surface area contributed by atoms with E-state index in [9.17, 15) is 9.59 Å². The Bertz CT molecular complexity index is 409. The van der Waals surface area contributed by atoms with Gasteiger partial charge in [0.25, 0.3) is 0 Å². The average molecular weight is 310 g/mol. The van der Waals surface area contributed by atoms with Crippen LogP contribution in [0.4, 0.5) is 0 Å². The molecule has 4 unspecified atom stereocenters. The Morgan fingerprint density at radius 1 is 1.36 bits per heavy atom. The van der Waals surface area contributed by atoms with Crippen molar-refractivity contribution in [1.82, 2.24) is 10.2 Å². The number of carbonyl (C=O) groups excluding carboxylic acids is 2. The molecule has 0 saturated carbocycles. The van der Waals surface area contributed by atoms with Gasteiger partial charge < -0.3 is 10.1 Å². The highest BCUT2D eigenvalue weighted by Gasteiger charge is 2.34. The van der Waals surface area contributed by atoms with Crippen LogP contribution in [-0.2, 0) is 14.3 Å². The molecule has 1 fully saturated rings. The molecule has 1 rings (SSSR count). The quantitative estimate of drug-likeness (QED) is 0.554. The highest BCUT2D eigenvalue weighted by Crippen LogP contribution is 2.32. The van der Waals surface area contributed by atoms with Crippen LogP contribution in [0.15, 0.2) is 11.8 Å². The first-order valence-electron chi connectivity index (χ1n) is 8.29. The molecule has 0 aromatic carbocycles. The number of hydrogen-bond acceptors (Lipinski definition) is 3. The van der Waals surface area contributed by atoms with Crippen molar-refractivity contribution in [3.8, 4) is 0 Å². The number of carbonyl (C=O) groups is 2. The Labute approximate surface area is 134 Å². The molecule has 1 saturated heterocycles. The minimum atomic E-state index is -0.264. The molecular formula is C17H30N2O3. The monoisotopic (exact) mass is 310 g/mol. The van der Waals surface area contributed by atoms with Crippen LogP contribution < -0.4 is 5.32 Å². The molecule has 0 aliphatic carbocycles. The summed E-state index contributed by atoms with van der Waals surface area (Å²) in [6.45, 7) is 8.53. The maximum atomic E-state index is 11.7. The smallest absolute Gasteiger partial charge is 0.248 e. The van der Waals surface area contributed by atoms with Crippen LogP contribution in [0.25, 0.3) is 0 Å². The summed E-state index contributed by atoms with van der Waals surface area (Å²) in [4.78, 5) is 24.6. The van der Waals surface area contributed by atoms with Gasteiger partial charge in [0.2, 0.25) is 12.3 Å². The SMILES string of the molecule is CC/C(=C/N(C=O)C1CCC(C(C)C(C)CC)O1)C(=O)NC. The molecule has 0 spiro atoms. The van der Waals surface area contributed by atoms with Gasteiger partial charge in [-0.1, -0.05) is 34.1 Å². The number of rotatable bonds is 8. The molecule has 22 heavy (non-hydrogen) atoms. The van der Waals surface area contributed by atoms with Gasteiger partial charge in [0.05, 0.1) is 6.10 Å². The highest BCUT2D eigenvalue weighted by atomic mass is 16.5. The number of amides is 2. The standard InChI is InChI=1S/C17H30N2O3/c1-6-12(3)13(4)15-8-9-16(22-15)19(11-20)10-14(7-2)17(21)18-5/h10-13,15-16H,6-9H2,1-5H3,(H,18,21)/b14-10-. The van der Waals surface area contributed by atoms with Crippen molar-refractivity contribution in [2.24, 2.45) is 11.8 Å². The third-order valence-corrected chi connectivity index (χ3v) is 4.82. The van der Waals surface area contributed by atoms with Crippen molar-refractivity contribution in [2.45, 2.75) is 65.7 Å². The second-order valence-electron chi connectivity index (χ2n) is 6.09. The lowest BCUT2D eigenvalue weighted by atomic mass is 9.88. The van der Waals surface area contributed by atoms with E-state index in [0.717, 1.165) is 25.7 Å². The number of nitrogens with zero attached hydrogens (tertiary/aromatic N) is 1. The van der Waals surface area contributed by atoms with Crippen molar-refractivity contribution in [1.29, 1.82) is 0 Å². The second-order valence-corrected chi connectivity index (χ2v) is 6.09. The average Bonchev–Trinajstić information content (AvgIpc) is 3.03. The molecule has 1 N–H and O–H groups in total. The van der Waals surface area contributed by atoms with Crippen molar-refractivity contribution in [3.05, 3.63) is 11.8 Å². The summed E-state index contributed by atoms with van der Waals surface area (Å²) in [6, 6.07) is 0. The maximum Gasteiger partial charge on any atom is 0.248 e. The molecule has 0 radical (unpaired) electrons. The lowest BCUT2D eigenvalue weighted by Crippen LogP contribution is -2.33. The van der Waals surface area contributed by atoms with Crippen LogP contribution in [-0.4, -0.2) is 36.6 Å². The van der Waals surface area contributed by atoms with E-state index >= 15 is 0 Å². The largest absolute Gasteiger partial charge is 0.355 e.